The highest BCUT2D eigenvalue weighted by Crippen LogP contribution is 2.35. The quantitative estimate of drug-likeness (QED) is 0.882. The number of pyridine rings is 1. The van der Waals surface area contributed by atoms with Crippen molar-refractivity contribution in [2.45, 2.75) is 18.2 Å². The van der Waals surface area contributed by atoms with Crippen LogP contribution in [0.4, 0.5) is 0 Å². The second-order valence-electron chi connectivity index (χ2n) is 5.51. The van der Waals surface area contributed by atoms with Crippen molar-refractivity contribution in [1.82, 2.24) is 14.3 Å². The van der Waals surface area contributed by atoms with Crippen LogP contribution in [0.3, 0.4) is 0 Å². The number of carbonyl (C=O) groups is 1. The van der Waals surface area contributed by atoms with Crippen molar-refractivity contribution >= 4 is 27.0 Å². The van der Waals surface area contributed by atoms with Gasteiger partial charge in [-0.25, -0.2) is 13.4 Å². The van der Waals surface area contributed by atoms with Crippen LogP contribution in [0, 0.1) is 5.41 Å². The molecule has 0 spiro atoms. The third-order valence-corrected chi connectivity index (χ3v) is 5.87. The third-order valence-electron chi connectivity index (χ3n) is 3.99. The molecule has 3 rings (SSSR count). The Morgan fingerprint density at radius 3 is 2.95 bits per heavy atom. The molecular formula is C13H15N3O4S. The second kappa shape index (κ2) is 4.54. The highest BCUT2D eigenvalue weighted by Gasteiger charge is 2.45. The van der Waals surface area contributed by atoms with Crippen molar-refractivity contribution in [3.8, 4) is 0 Å². The van der Waals surface area contributed by atoms with Gasteiger partial charge in [0, 0.05) is 30.9 Å². The lowest BCUT2D eigenvalue weighted by Gasteiger charge is -2.19. The van der Waals surface area contributed by atoms with E-state index >= 15 is 0 Å². The standard InChI is InChI=1S/C13H15N3O4S/c1-13(12(17)18)4-6-16(8-13)21(19,20)10-7-15-11-9(10)3-2-5-14-11/h2-3,5,7H,4,6,8H2,1H3,(H,14,15)(H,17,18). The Labute approximate surface area is 121 Å². The number of rotatable bonds is 3. The molecule has 1 aliphatic heterocycles. The Morgan fingerprint density at radius 2 is 2.29 bits per heavy atom. The maximum Gasteiger partial charge on any atom is 0.310 e. The van der Waals surface area contributed by atoms with Crippen molar-refractivity contribution in [3.63, 3.8) is 0 Å². The van der Waals surface area contributed by atoms with E-state index in [1.807, 2.05) is 0 Å². The van der Waals surface area contributed by atoms with Crippen LogP contribution in [0.5, 0.6) is 0 Å². The highest BCUT2D eigenvalue weighted by atomic mass is 32.2. The topological polar surface area (TPSA) is 103 Å². The SMILES string of the molecule is CC1(C(=O)O)CCN(S(=O)(=O)c2c[nH]c3ncccc23)C1. The molecule has 2 aromatic heterocycles. The number of carboxylic acid groups (broad SMARTS) is 1. The largest absolute Gasteiger partial charge is 0.481 e. The molecule has 1 fully saturated rings. The van der Waals surface area contributed by atoms with Gasteiger partial charge < -0.3 is 10.1 Å². The first-order valence-corrected chi connectivity index (χ1v) is 7.94. The minimum Gasteiger partial charge on any atom is -0.481 e. The number of aromatic amines is 1. The monoisotopic (exact) mass is 309 g/mol. The number of nitrogens with one attached hydrogen (secondary N) is 1. The van der Waals surface area contributed by atoms with Crippen molar-refractivity contribution < 1.29 is 18.3 Å². The molecule has 3 heterocycles. The molecule has 0 bridgehead atoms. The summed E-state index contributed by atoms with van der Waals surface area (Å²) in [5.41, 5.74) is -0.534. The van der Waals surface area contributed by atoms with Gasteiger partial charge in [-0.2, -0.15) is 4.31 Å². The predicted molar refractivity (Wildman–Crippen MR) is 75.2 cm³/mol. The van der Waals surface area contributed by atoms with E-state index in [9.17, 15) is 18.3 Å². The van der Waals surface area contributed by atoms with Crippen molar-refractivity contribution in [2.24, 2.45) is 5.41 Å². The Bertz CT molecular complexity index is 814. The summed E-state index contributed by atoms with van der Waals surface area (Å²) in [6.45, 7) is 1.76. The summed E-state index contributed by atoms with van der Waals surface area (Å²) in [6.07, 6.45) is 3.29. The summed E-state index contributed by atoms with van der Waals surface area (Å²) in [7, 11) is -3.73. The number of fused-ring (bicyclic) bond motifs is 1. The third kappa shape index (κ3) is 2.11. The molecule has 8 heteroatoms. The first-order chi connectivity index (χ1) is 9.84. The number of nitrogens with zero attached hydrogens (tertiary/aromatic N) is 2. The summed E-state index contributed by atoms with van der Waals surface area (Å²) in [6, 6.07) is 3.35. The van der Waals surface area contributed by atoms with E-state index in [0.29, 0.717) is 17.5 Å². The van der Waals surface area contributed by atoms with Gasteiger partial charge in [0.25, 0.3) is 0 Å². The van der Waals surface area contributed by atoms with E-state index in [1.165, 1.54) is 10.5 Å². The molecule has 21 heavy (non-hydrogen) atoms. The Hall–Kier alpha value is -1.93. The Kier molecular flexibility index (Phi) is 3.03. The van der Waals surface area contributed by atoms with E-state index < -0.39 is 21.4 Å². The van der Waals surface area contributed by atoms with E-state index in [-0.39, 0.29) is 18.0 Å². The lowest BCUT2D eigenvalue weighted by molar-refractivity contribution is -0.146. The van der Waals surface area contributed by atoms with Crippen molar-refractivity contribution in [3.05, 3.63) is 24.5 Å². The number of hydrogen-bond donors (Lipinski definition) is 2. The van der Waals surface area contributed by atoms with Crippen molar-refractivity contribution in [2.75, 3.05) is 13.1 Å². The number of aromatic nitrogens is 2. The van der Waals surface area contributed by atoms with E-state index in [2.05, 4.69) is 9.97 Å². The highest BCUT2D eigenvalue weighted by molar-refractivity contribution is 7.89. The number of H-pyrrole nitrogens is 1. The van der Waals surface area contributed by atoms with Gasteiger partial charge in [0.2, 0.25) is 10.0 Å². The van der Waals surface area contributed by atoms with Crippen LogP contribution in [0.15, 0.2) is 29.4 Å². The van der Waals surface area contributed by atoms with E-state index in [1.54, 1.807) is 25.3 Å². The summed E-state index contributed by atoms with van der Waals surface area (Å²) in [5, 5.41) is 9.74. The molecule has 1 aliphatic rings. The zero-order chi connectivity index (χ0) is 15.3. The molecule has 1 unspecified atom stereocenters. The number of hydrogen-bond acceptors (Lipinski definition) is 4. The van der Waals surface area contributed by atoms with Gasteiger partial charge in [-0.05, 0) is 25.5 Å². The smallest absolute Gasteiger partial charge is 0.310 e. The van der Waals surface area contributed by atoms with Crippen LogP contribution in [0.2, 0.25) is 0 Å². The number of sulfonamides is 1. The van der Waals surface area contributed by atoms with Crippen molar-refractivity contribution in [1.29, 1.82) is 0 Å². The lowest BCUT2D eigenvalue weighted by Crippen LogP contribution is -2.34. The first-order valence-electron chi connectivity index (χ1n) is 6.50. The molecule has 0 aromatic carbocycles. The van der Waals surface area contributed by atoms with Gasteiger partial charge in [0.05, 0.1) is 5.41 Å². The van der Waals surface area contributed by atoms with E-state index in [0.717, 1.165) is 0 Å². The van der Waals surface area contributed by atoms with E-state index in [4.69, 9.17) is 0 Å². The van der Waals surface area contributed by atoms with Gasteiger partial charge in [0.15, 0.2) is 0 Å². The minimum absolute atomic E-state index is 0.0163. The predicted octanol–water partition coefficient (Wildman–Crippen LogP) is 1.05. The fourth-order valence-corrected chi connectivity index (χ4v) is 4.30. The summed E-state index contributed by atoms with van der Waals surface area (Å²) in [5.74, 6) is -0.971. The molecule has 2 aromatic rings. The molecule has 0 saturated carbocycles. The van der Waals surface area contributed by atoms with Crippen LogP contribution in [0.25, 0.3) is 11.0 Å². The average molecular weight is 309 g/mol. The van der Waals surface area contributed by atoms with Gasteiger partial charge in [-0.3, -0.25) is 4.79 Å². The fourth-order valence-electron chi connectivity index (χ4n) is 2.58. The normalized spacial score (nSPS) is 23.7. The van der Waals surface area contributed by atoms with Crippen LogP contribution >= 0.6 is 0 Å². The Balaban J connectivity index is 2.01. The molecule has 1 atom stereocenters. The Morgan fingerprint density at radius 1 is 1.52 bits per heavy atom. The number of aliphatic carboxylic acids is 1. The fraction of sp³-hybridized carbons (Fsp3) is 0.385. The second-order valence-corrected chi connectivity index (χ2v) is 7.41. The summed E-state index contributed by atoms with van der Waals surface area (Å²) < 4.78 is 26.6. The molecular weight excluding hydrogens is 294 g/mol. The van der Waals surface area contributed by atoms with Gasteiger partial charge >= 0.3 is 5.97 Å². The molecule has 7 nitrogen and oxygen atoms in total. The molecule has 112 valence electrons. The molecule has 2 N–H and O–H groups in total. The van der Waals surface area contributed by atoms with Crippen LogP contribution < -0.4 is 0 Å². The maximum absolute atomic E-state index is 12.7. The minimum atomic E-state index is -3.73. The summed E-state index contributed by atoms with van der Waals surface area (Å²) >= 11 is 0. The van der Waals surface area contributed by atoms with Crippen LogP contribution in [-0.4, -0.2) is 46.9 Å². The van der Waals surface area contributed by atoms with Gasteiger partial charge in [0.1, 0.15) is 10.5 Å². The molecule has 0 amide bonds. The first kappa shape index (κ1) is 14.0. The maximum atomic E-state index is 12.7. The zero-order valence-electron chi connectivity index (χ0n) is 11.4. The lowest BCUT2D eigenvalue weighted by atomic mass is 9.90. The zero-order valence-corrected chi connectivity index (χ0v) is 12.2. The summed E-state index contributed by atoms with van der Waals surface area (Å²) in [4.78, 5) is 18.3. The van der Waals surface area contributed by atoms with Crippen LogP contribution in [-0.2, 0) is 14.8 Å². The molecule has 0 radical (unpaired) electrons. The molecule has 0 aliphatic carbocycles. The average Bonchev–Trinajstić information content (AvgIpc) is 3.03. The van der Waals surface area contributed by atoms with Crippen LogP contribution in [0.1, 0.15) is 13.3 Å². The molecule has 1 saturated heterocycles. The van der Waals surface area contributed by atoms with Gasteiger partial charge in [-0.1, -0.05) is 0 Å². The number of carboxylic acids is 1. The van der Waals surface area contributed by atoms with Gasteiger partial charge in [-0.15, -0.1) is 0 Å².